The van der Waals surface area contributed by atoms with Gasteiger partial charge in [-0.25, -0.2) is 0 Å². The van der Waals surface area contributed by atoms with Crippen LogP contribution in [0.1, 0.15) is 22.1 Å². The van der Waals surface area contributed by atoms with E-state index in [1.165, 1.54) is 0 Å². The fourth-order valence-corrected chi connectivity index (χ4v) is 1.83. The molecule has 0 spiro atoms. The lowest BCUT2D eigenvalue weighted by Gasteiger charge is -2.03. The first-order valence-corrected chi connectivity index (χ1v) is 6.54. The molecule has 0 fully saturated rings. The van der Waals surface area contributed by atoms with Crippen molar-refractivity contribution < 1.29 is 9.32 Å². The fourth-order valence-electron chi connectivity index (χ4n) is 1.31. The first kappa shape index (κ1) is 13.3. The molecule has 0 aliphatic rings. The lowest BCUT2D eigenvalue weighted by atomic mass is 10.2. The number of carbonyl (C=O) groups is 1. The number of amides is 1. The van der Waals surface area contributed by atoms with Crippen molar-refractivity contribution in [2.45, 2.75) is 13.5 Å². The SMILES string of the molecule is Cc1nc(CNC(=O)c2ccc(I)c(Cl)c2)no1. The van der Waals surface area contributed by atoms with E-state index in [1.54, 1.807) is 25.1 Å². The van der Waals surface area contributed by atoms with E-state index in [4.69, 9.17) is 16.1 Å². The number of hydrogen-bond acceptors (Lipinski definition) is 4. The van der Waals surface area contributed by atoms with Crippen LogP contribution in [0, 0.1) is 10.5 Å². The number of nitrogens with one attached hydrogen (secondary N) is 1. The highest BCUT2D eigenvalue weighted by Gasteiger charge is 2.09. The van der Waals surface area contributed by atoms with Gasteiger partial charge in [0.2, 0.25) is 5.89 Å². The van der Waals surface area contributed by atoms with E-state index in [1.807, 2.05) is 0 Å². The monoisotopic (exact) mass is 377 g/mol. The van der Waals surface area contributed by atoms with Crippen LogP contribution in [0.4, 0.5) is 0 Å². The maximum absolute atomic E-state index is 11.8. The van der Waals surface area contributed by atoms with Crippen molar-refractivity contribution in [3.63, 3.8) is 0 Å². The van der Waals surface area contributed by atoms with Crippen molar-refractivity contribution in [1.29, 1.82) is 0 Å². The van der Waals surface area contributed by atoms with Crippen LogP contribution in [0.5, 0.6) is 0 Å². The number of aryl methyl sites for hydroxylation is 1. The minimum absolute atomic E-state index is 0.222. The van der Waals surface area contributed by atoms with Gasteiger partial charge >= 0.3 is 0 Å². The molecule has 0 bridgehead atoms. The van der Waals surface area contributed by atoms with Crippen molar-refractivity contribution in [3.8, 4) is 0 Å². The summed E-state index contributed by atoms with van der Waals surface area (Å²) in [6.07, 6.45) is 0. The molecule has 0 aliphatic heterocycles. The van der Waals surface area contributed by atoms with Gasteiger partial charge in [0.05, 0.1) is 11.6 Å². The molecule has 1 heterocycles. The summed E-state index contributed by atoms with van der Waals surface area (Å²) in [6, 6.07) is 5.13. The van der Waals surface area contributed by atoms with Crippen molar-refractivity contribution in [1.82, 2.24) is 15.5 Å². The first-order valence-electron chi connectivity index (χ1n) is 5.08. The zero-order valence-corrected chi connectivity index (χ0v) is 12.3. The Bertz CT molecular complexity index is 585. The Hall–Kier alpha value is -1.15. The Kier molecular flexibility index (Phi) is 4.18. The molecule has 0 unspecified atom stereocenters. The van der Waals surface area contributed by atoms with Gasteiger partial charge in [-0.05, 0) is 40.8 Å². The predicted molar refractivity (Wildman–Crippen MR) is 74.4 cm³/mol. The van der Waals surface area contributed by atoms with Crippen LogP contribution in [-0.4, -0.2) is 16.0 Å². The van der Waals surface area contributed by atoms with Gasteiger partial charge in [-0.2, -0.15) is 4.98 Å². The van der Waals surface area contributed by atoms with Gasteiger partial charge in [-0.1, -0.05) is 16.8 Å². The third-order valence-corrected chi connectivity index (χ3v) is 3.73. The van der Waals surface area contributed by atoms with E-state index in [9.17, 15) is 4.79 Å². The highest BCUT2D eigenvalue weighted by atomic mass is 127. The van der Waals surface area contributed by atoms with E-state index in [-0.39, 0.29) is 12.5 Å². The number of carbonyl (C=O) groups excluding carboxylic acids is 1. The Morgan fingerprint density at radius 3 is 2.94 bits per heavy atom. The minimum atomic E-state index is -0.226. The van der Waals surface area contributed by atoms with Gasteiger partial charge in [0, 0.05) is 16.1 Å². The van der Waals surface area contributed by atoms with Crippen LogP contribution in [0.25, 0.3) is 0 Å². The fraction of sp³-hybridized carbons (Fsp3) is 0.182. The molecule has 0 radical (unpaired) electrons. The molecule has 5 nitrogen and oxygen atoms in total. The molecule has 94 valence electrons. The molecule has 1 aromatic heterocycles. The standard InChI is InChI=1S/C11H9ClIN3O2/c1-6-15-10(16-18-6)5-14-11(17)7-2-3-9(13)8(12)4-7/h2-4H,5H2,1H3,(H,14,17). The molecule has 0 aliphatic carbocycles. The van der Waals surface area contributed by atoms with Crippen molar-refractivity contribution in [3.05, 3.63) is 44.1 Å². The van der Waals surface area contributed by atoms with Gasteiger partial charge in [-0.3, -0.25) is 4.79 Å². The topological polar surface area (TPSA) is 68.0 Å². The van der Waals surface area contributed by atoms with Gasteiger partial charge in [0.1, 0.15) is 0 Å². The normalized spacial score (nSPS) is 10.4. The molecule has 2 rings (SSSR count). The van der Waals surface area contributed by atoms with Crippen LogP contribution >= 0.6 is 34.2 Å². The molecular formula is C11H9ClIN3O2. The highest BCUT2D eigenvalue weighted by Crippen LogP contribution is 2.19. The van der Waals surface area contributed by atoms with Crippen molar-refractivity contribution >= 4 is 40.1 Å². The zero-order chi connectivity index (χ0) is 13.1. The summed E-state index contributed by atoms with van der Waals surface area (Å²) < 4.78 is 5.71. The Morgan fingerprint density at radius 1 is 1.56 bits per heavy atom. The molecule has 0 atom stereocenters. The lowest BCUT2D eigenvalue weighted by molar-refractivity contribution is 0.0949. The summed E-state index contributed by atoms with van der Waals surface area (Å²) in [4.78, 5) is 15.8. The highest BCUT2D eigenvalue weighted by molar-refractivity contribution is 14.1. The van der Waals surface area contributed by atoms with Crippen LogP contribution < -0.4 is 5.32 Å². The third-order valence-electron chi connectivity index (χ3n) is 2.16. The second kappa shape index (κ2) is 5.66. The van der Waals surface area contributed by atoms with E-state index in [2.05, 4.69) is 38.0 Å². The summed E-state index contributed by atoms with van der Waals surface area (Å²) in [5.74, 6) is 0.685. The van der Waals surface area contributed by atoms with Crippen LogP contribution in [0.3, 0.4) is 0 Å². The Labute approximate surface area is 122 Å². The minimum Gasteiger partial charge on any atom is -0.345 e. The van der Waals surface area contributed by atoms with Gasteiger partial charge < -0.3 is 9.84 Å². The summed E-state index contributed by atoms with van der Waals surface area (Å²) in [6.45, 7) is 1.91. The quantitative estimate of drug-likeness (QED) is 0.835. The second-order valence-electron chi connectivity index (χ2n) is 3.54. The smallest absolute Gasteiger partial charge is 0.251 e. The van der Waals surface area contributed by atoms with E-state index < -0.39 is 0 Å². The molecule has 2 aromatic rings. The van der Waals surface area contributed by atoms with Gasteiger partial charge in [-0.15, -0.1) is 0 Å². The molecular weight excluding hydrogens is 368 g/mol. The van der Waals surface area contributed by atoms with Crippen LogP contribution in [0.15, 0.2) is 22.7 Å². The molecule has 0 saturated heterocycles. The van der Waals surface area contributed by atoms with Crippen LogP contribution in [0.2, 0.25) is 5.02 Å². The Balaban J connectivity index is 2.01. The average Bonchev–Trinajstić information content (AvgIpc) is 2.75. The van der Waals surface area contributed by atoms with Gasteiger partial charge in [0.25, 0.3) is 5.91 Å². The lowest BCUT2D eigenvalue weighted by Crippen LogP contribution is -2.23. The van der Waals surface area contributed by atoms with E-state index in [0.29, 0.717) is 22.3 Å². The Morgan fingerprint density at radius 2 is 2.33 bits per heavy atom. The van der Waals surface area contributed by atoms with Gasteiger partial charge in [0.15, 0.2) is 5.82 Å². The molecule has 1 amide bonds. The number of halogens is 2. The summed E-state index contributed by atoms with van der Waals surface area (Å²) in [5, 5.41) is 6.93. The number of aromatic nitrogens is 2. The number of nitrogens with zero attached hydrogens (tertiary/aromatic N) is 2. The number of rotatable bonds is 3. The second-order valence-corrected chi connectivity index (χ2v) is 5.11. The predicted octanol–water partition coefficient (Wildman–Crippen LogP) is 2.57. The van der Waals surface area contributed by atoms with E-state index >= 15 is 0 Å². The molecule has 18 heavy (non-hydrogen) atoms. The maximum Gasteiger partial charge on any atom is 0.251 e. The average molecular weight is 378 g/mol. The molecule has 1 N–H and O–H groups in total. The molecule has 7 heteroatoms. The van der Waals surface area contributed by atoms with Crippen LogP contribution in [-0.2, 0) is 6.54 Å². The third kappa shape index (κ3) is 3.20. The number of benzene rings is 1. The summed E-state index contributed by atoms with van der Waals surface area (Å²) in [7, 11) is 0. The molecule has 1 aromatic carbocycles. The van der Waals surface area contributed by atoms with Crippen molar-refractivity contribution in [2.24, 2.45) is 0 Å². The number of hydrogen-bond donors (Lipinski definition) is 1. The zero-order valence-electron chi connectivity index (χ0n) is 9.41. The first-order chi connectivity index (χ1) is 8.56. The largest absolute Gasteiger partial charge is 0.345 e. The van der Waals surface area contributed by atoms with E-state index in [0.717, 1.165) is 3.57 Å². The maximum atomic E-state index is 11.8. The summed E-state index contributed by atoms with van der Waals surface area (Å²) >= 11 is 8.05. The molecule has 0 saturated carbocycles. The van der Waals surface area contributed by atoms with Crippen molar-refractivity contribution in [2.75, 3.05) is 0 Å². The summed E-state index contributed by atoms with van der Waals surface area (Å²) in [5.41, 5.74) is 0.501.